The van der Waals surface area contributed by atoms with Crippen LogP contribution in [0, 0.1) is 10.1 Å². The smallest absolute Gasteiger partial charge is 0.230 e. The Morgan fingerprint density at radius 2 is 2.07 bits per heavy atom. The third-order valence-electron chi connectivity index (χ3n) is 2.09. The number of benzene rings is 1. The minimum Gasteiger partial charge on any atom is -0.259 e. The summed E-state index contributed by atoms with van der Waals surface area (Å²) >= 11 is 0. The zero-order valence-corrected chi connectivity index (χ0v) is 8.09. The topological polar surface area (TPSA) is 43.1 Å². The molecule has 1 atom stereocenters. The summed E-state index contributed by atoms with van der Waals surface area (Å²) in [6, 6.07) is 9.98. The van der Waals surface area contributed by atoms with Gasteiger partial charge in [-0.2, -0.15) is 0 Å². The molecule has 0 N–H and O–H groups in total. The van der Waals surface area contributed by atoms with E-state index < -0.39 is 4.92 Å². The first kappa shape index (κ1) is 10.4. The predicted molar refractivity (Wildman–Crippen MR) is 55.6 cm³/mol. The van der Waals surface area contributed by atoms with E-state index in [9.17, 15) is 10.1 Å². The van der Waals surface area contributed by atoms with Crippen molar-refractivity contribution in [3.8, 4) is 0 Å². The lowest BCUT2D eigenvalue weighted by molar-refractivity contribution is -0.402. The summed E-state index contributed by atoms with van der Waals surface area (Å²) in [6.45, 7) is 2.06. The lowest BCUT2D eigenvalue weighted by Gasteiger charge is -2.07. The molecule has 3 heteroatoms. The van der Waals surface area contributed by atoms with Crippen molar-refractivity contribution in [2.45, 2.75) is 19.3 Å². The van der Waals surface area contributed by atoms with Crippen LogP contribution in [0.3, 0.4) is 0 Å². The Bertz CT molecular complexity index is 319. The Morgan fingerprint density at radius 3 is 2.64 bits per heavy atom. The summed E-state index contributed by atoms with van der Waals surface area (Å²) in [5.41, 5.74) is 1.21. The molecule has 1 aromatic carbocycles. The Kier molecular flexibility index (Phi) is 3.85. The van der Waals surface area contributed by atoms with Gasteiger partial charge in [0, 0.05) is 0 Å². The first-order valence-corrected chi connectivity index (χ1v) is 4.55. The number of rotatable bonds is 4. The zero-order valence-electron chi connectivity index (χ0n) is 8.09. The van der Waals surface area contributed by atoms with Crippen molar-refractivity contribution < 1.29 is 4.92 Å². The number of hydrogen-bond acceptors (Lipinski definition) is 2. The van der Waals surface area contributed by atoms with E-state index in [4.69, 9.17) is 0 Å². The second kappa shape index (κ2) is 5.17. The number of nitro groups is 1. The van der Waals surface area contributed by atoms with E-state index >= 15 is 0 Å². The fourth-order valence-corrected chi connectivity index (χ4v) is 1.27. The average Bonchev–Trinajstić information content (AvgIpc) is 2.18. The van der Waals surface area contributed by atoms with Gasteiger partial charge in [0.2, 0.25) is 6.20 Å². The molecule has 0 aliphatic carbocycles. The molecule has 0 aliphatic heterocycles. The molecule has 74 valence electrons. The Hall–Kier alpha value is -1.64. The number of nitrogens with zero attached hydrogens (tertiary/aromatic N) is 1. The quantitative estimate of drug-likeness (QED) is 0.542. The third-order valence-corrected chi connectivity index (χ3v) is 2.09. The van der Waals surface area contributed by atoms with E-state index in [1.807, 2.05) is 30.3 Å². The van der Waals surface area contributed by atoms with Crippen LogP contribution in [-0.2, 0) is 0 Å². The fraction of sp³-hybridized carbons (Fsp3) is 0.273. The van der Waals surface area contributed by atoms with Crippen LogP contribution in [0.1, 0.15) is 24.8 Å². The van der Waals surface area contributed by atoms with E-state index in [1.165, 1.54) is 5.56 Å². The molecule has 0 heterocycles. The molecule has 0 fully saturated rings. The van der Waals surface area contributed by atoms with Crippen molar-refractivity contribution in [3.05, 3.63) is 58.3 Å². The van der Waals surface area contributed by atoms with Crippen molar-refractivity contribution in [2.75, 3.05) is 0 Å². The second-order valence-corrected chi connectivity index (χ2v) is 3.22. The average molecular weight is 191 g/mol. The van der Waals surface area contributed by atoms with Gasteiger partial charge in [-0.05, 0) is 24.0 Å². The molecule has 1 unspecified atom stereocenters. The Labute approximate surface area is 83.2 Å². The first-order valence-electron chi connectivity index (χ1n) is 4.55. The van der Waals surface area contributed by atoms with Crippen LogP contribution < -0.4 is 0 Å². The van der Waals surface area contributed by atoms with Gasteiger partial charge in [0.15, 0.2) is 0 Å². The molecule has 1 aromatic rings. The Morgan fingerprint density at radius 1 is 1.43 bits per heavy atom. The van der Waals surface area contributed by atoms with E-state index in [2.05, 4.69) is 6.92 Å². The van der Waals surface area contributed by atoms with Crippen LogP contribution in [0.25, 0.3) is 0 Å². The third kappa shape index (κ3) is 3.39. The minimum absolute atomic E-state index is 0.326. The Balaban J connectivity index is 2.51. The summed E-state index contributed by atoms with van der Waals surface area (Å²) in [4.78, 5) is 9.60. The highest BCUT2D eigenvalue weighted by molar-refractivity contribution is 5.19. The molecular formula is C11H13NO2. The molecular weight excluding hydrogens is 178 g/mol. The molecule has 0 bridgehead atoms. The van der Waals surface area contributed by atoms with E-state index in [0.717, 1.165) is 6.20 Å². The van der Waals surface area contributed by atoms with Gasteiger partial charge in [-0.25, -0.2) is 0 Å². The van der Waals surface area contributed by atoms with Crippen molar-refractivity contribution in [1.82, 2.24) is 0 Å². The van der Waals surface area contributed by atoms with Crippen LogP contribution in [0.15, 0.2) is 42.6 Å². The standard InChI is InChI=1S/C11H13NO2/c1-10(6-5-9-12(13)14)11-7-3-2-4-8-11/h2-5,7-10H,6H2,1H3. The number of allylic oxidation sites excluding steroid dienone is 1. The van der Waals surface area contributed by atoms with Gasteiger partial charge in [0.05, 0.1) is 4.92 Å². The maximum absolute atomic E-state index is 10.0. The van der Waals surface area contributed by atoms with Crippen LogP contribution in [0.2, 0.25) is 0 Å². The van der Waals surface area contributed by atoms with E-state index in [0.29, 0.717) is 12.3 Å². The van der Waals surface area contributed by atoms with Crippen molar-refractivity contribution in [1.29, 1.82) is 0 Å². The molecule has 14 heavy (non-hydrogen) atoms. The van der Waals surface area contributed by atoms with Crippen molar-refractivity contribution >= 4 is 0 Å². The minimum atomic E-state index is -0.433. The zero-order chi connectivity index (χ0) is 10.4. The highest BCUT2D eigenvalue weighted by Gasteiger charge is 2.02. The van der Waals surface area contributed by atoms with Gasteiger partial charge < -0.3 is 0 Å². The van der Waals surface area contributed by atoms with Crippen LogP contribution >= 0.6 is 0 Å². The molecule has 1 rings (SSSR count). The predicted octanol–water partition coefficient (Wildman–Crippen LogP) is 2.97. The van der Waals surface area contributed by atoms with Gasteiger partial charge in [0.1, 0.15) is 0 Å². The summed E-state index contributed by atoms with van der Waals surface area (Å²) < 4.78 is 0. The molecule has 0 saturated carbocycles. The molecule has 0 spiro atoms. The highest BCUT2D eigenvalue weighted by atomic mass is 16.6. The molecule has 0 aliphatic rings. The lowest BCUT2D eigenvalue weighted by atomic mass is 9.98. The van der Waals surface area contributed by atoms with Crippen molar-refractivity contribution in [2.24, 2.45) is 0 Å². The van der Waals surface area contributed by atoms with Crippen molar-refractivity contribution in [3.63, 3.8) is 0 Å². The van der Waals surface area contributed by atoms with Gasteiger partial charge >= 0.3 is 0 Å². The summed E-state index contributed by atoms with van der Waals surface area (Å²) in [7, 11) is 0. The normalized spacial score (nSPS) is 12.9. The van der Waals surface area contributed by atoms with Gasteiger partial charge in [0.25, 0.3) is 0 Å². The van der Waals surface area contributed by atoms with Gasteiger partial charge in [-0.1, -0.05) is 37.3 Å². The van der Waals surface area contributed by atoms with Crippen LogP contribution in [-0.4, -0.2) is 4.92 Å². The lowest BCUT2D eigenvalue weighted by Crippen LogP contribution is -1.91. The first-order chi connectivity index (χ1) is 6.70. The maximum Gasteiger partial charge on any atom is 0.230 e. The second-order valence-electron chi connectivity index (χ2n) is 3.22. The van der Waals surface area contributed by atoms with Gasteiger partial charge in [-0.15, -0.1) is 0 Å². The van der Waals surface area contributed by atoms with Crippen LogP contribution in [0.5, 0.6) is 0 Å². The molecule has 0 amide bonds. The van der Waals surface area contributed by atoms with Crippen LogP contribution in [0.4, 0.5) is 0 Å². The largest absolute Gasteiger partial charge is 0.259 e. The monoisotopic (exact) mass is 191 g/mol. The summed E-state index contributed by atoms with van der Waals surface area (Å²) in [5, 5.41) is 10.0. The molecule has 0 saturated heterocycles. The fourth-order valence-electron chi connectivity index (χ4n) is 1.27. The summed E-state index contributed by atoms with van der Waals surface area (Å²) in [5.74, 6) is 0.326. The number of hydrogen-bond donors (Lipinski definition) is 0. The van der Waals surface area contributed by atoms with E-state index in [1.54, 1.807) is 6.08 Å². The molecule has 0 aromatic heterocycles. The molecule has 0 radical (unpaired) electrons. The van der Waals surface area contributed by atoms with E-state index in [-0.39, 0.29) is 0 Å². The summed E-state index contributed by atoms with van der Waals surface area (Å²) in [6.07, 6.45) is 3.29. The maximum atomic E-state index is 10.0. The molecule has 3 nitrogen and oxygen atoms in total. The SMILES string of the molecule is CC(CC=C[N+](=O)[O-])c1ccccc1. The highest BCUT2D eigenvalue weighted by Crippen LogP contribution is 2.18. The van der Waals surface area contributed by atoms with Gasteiger partial charge in [-0.3, -0.25) is 10.1 Å².